The molecule has 2 heterocycles. The molecule has 3 nitrogen and oxygen atoms in total. The Hall–Kier alpha value is -2.21. The molecule has 1 aromatic heterocycles. The van der Waals surface area contributed by atoms with Crippen LogP contribution in [-0.2, 0) is 11.2 Å². The van der Waals surface area contributed by atoms with Crippen LogP contribution in [0.1, 0.15) is 68.7 Å². The van der Waals surface area contributed by atoms with Gasteiger partial charge in [-0.2, -0.15) is 0 Å². The molecule has 158 valence electrons. The van der Waals surface area contributed by atoms with E-state index in [0.717, 1.165) is 42.8 Å². The Labute approximate surface area is 171 Å². The maximum atomic E-state index is 13.9. The van der Waals surface area contributed by atoms with Crippen LogP contribution < -0.4 is 0 Å². The third kappa shape index (κ3) is 6.39. The van der Waals surface area contributed by atoms with Gasteiger partial charge in [0.25, 0.3) is 0 Å². The Bertz CT molecular complexity index is 826. The molecule has 1 saturated heterocycles. The lowest BCUT2D eigenvalue weighted by Crippen LogP contribution is -2.15. The van der Waals surface area contributed by atoms with Gasteiger partial charge in [-0.15, -0.1) is 0 Å². The first kappa shape index (κ1) is 23.1. The fourth-order valence-electron chi connectivity index (χ4n) is 3.30. The topological polar surface area (TPSA) is 35.0 Å². The Morgan fingerprint density at radius 3 is 2.55 bits per heavy atom. The van der Waals surface area contributed by atoms with Crippen LogP contribution in [0.25, 0.3) is 6.08 Å². The number of nitrogens with zero attached hydrogens (tertiary/aromatic N) is 2. The van der Waals surface area contributed by atoms with Crippen LogP contribution in [0, 0.1) is 18.6 Å². The van der Waals surface area contributed by atoms with E-state index in [4.69, 9.17) is 4.74 Å². The van der Waals surface area contributed by atoms with Gasteiger partial charge in [0.15, 0.2) is 17.8 Å². The predicted molar refractivity (Wildman–Crippen MR) is 109 cm³/mol. The number of rotatable bonds is 5. The van der Waals surface area contributed by atoms with E-state index in [1.165, 1.54) is 11.6 Å². The molecule has 0 aliphatic carbocycles. The zero-order valence-corrected chi connectivity index (χ0v) is 17.5. The molecule has 0 amide bonds. The SMILES string of the molecule is C/C=C\c1c(C)ncnc1CCC.CC1CCC(C(F)c2ccc(F)c(F)c2)O1. The third-order valence-corrected chi connectivity index (χ3v) is 4.84. The van der Waals surface area contributed by atoms with E-state index >= 15 is 0 Å². The van der Waals surface area contributed by atoms with Gasteiger partial charge in [-0.3, -0.25) is 0 Å². The van der Waals surface area contributed by atoms with Crippen LogP contribution in [-0.4, -0.2) is 22.2 Å². The number of halogens is 3. The van der Waals surface area contributed by atoms with Crippen molar-refractivity contribution in [3.63, 3.8) is 0 Å². The fraction of sp³-hybridized carbons (Fsp3) is 0.478. The van der Waals surface area contributed by atoms with E-state index in [1.807, 2.05) is 26.8 Å². The van der Waals surface area contributed by atoms with Crippen LogP contribution in [0.5, 0.6) is 0 Å². The molecule has 3 atom stereocenters. The molecule has 6 heteroatoms. The van der Waals surface area contributed by atoms with E-state index in [0.29, 0.717) is 6.42 Å². The number of hydrogen-bond acceptors (Lipinski definition) is 3. The van der Waals surface area contributed by atoms with E-state index in [1.54, 1.807) is 6.33 Å². The normalized spacial score (nSPS) is 19.8. The van der Waals surface area contributed by atoms with Gasteiger partial charge in [-0.25, -0.2) is 23.1 Å². The Balaban J connectivity index is 0.000000212. The van der Waals surface area contributed by atoms with Gasteiger partial charge < -0.3 is 4.74 Å². The standard InChI is InChI=1S/C12H13F3O.C11H16N2/c1-7-2-5-11(16-7)12(15)8-3-4-9(13)10(14)6-8;1-4-6-10-9(3)12-8-13-11(10)7-5-2/h3-4,6-7,11-12H,2,5H2,1H3;4,6,8H,5,7H2,1-3H3/b;6-4-. The molecule has 0 N–H and O–H groups in total. The van der Waals surface area contributed by atoms with E-state index < -0.39 is 23.9 Å². The number of aryl methyl sites for hydroxylation is 2. The summed E-state index contributed by atoms with van der Waals surface area (Å²) in [6.07, 6.45) is 7.44. The first-order chi connectivity index (χ1) is 13.9. The molecule has 2 aromatic rings. The molecule has 1 aliphatic rings. The summed E-state index contributed by atoms with van der Waals surface area (Å²) in [5, 5.41) is 0. The number of allylic oxidation sites excluding steroid dienone is 1. The lowest BCUT2D eigenvalue weighted by molar-refractivity contribution is 0.00481. The van der Waals surface area contributed by atoms with Crippen molar-refractivity contribution in [3.05, 3.63) is 64.8 Å². The smallest absolute Gasteiger partial charge is 0.159 e. The molecule has 0 saturated carbocycles. The van der Waals surface area contributed by atoms with Crippen molar-refractivity contribution in [1.82, 2.24) is 9.97 Å². The molecule has 1 fully saturated rings. The average molecular weight is 406 g/mol. The molecule has 0 radical (unpaired) electrons. The minimum atomic E-state index is -1.39. The van der Waals surface area contributed by atoms with E-state index in [2.05, 4.69) is 23.0 Å². The Morgan fingerprint density at radius 1 is 1.21 bits per heavy atom. The number of alkyl halides is 1. The minimum Gasteiger partial charge on any atom is -0.372 e. The minimum absolute atomic E-state index is 0.0357. The van der Waals surface area contributed by atoms with E-state index in [-0.39, 0.29) is 11.7 Å². The number of ether oxygens (including phenoxy) is 1. The Kier molecular flexibility index (Phi) is 8.83. The maximum absolute atomic E-state index is 13.9. The summed E-state index contributed by atoms with van der Waals surface area (Å²) in [4.78, 5) is 8.46. The van der Waals surface area contributed by atoms with Gasteiger partial charge in [-0.05, 0) is 57.7 Å². The molecule has 0 bridgehead atoms. The van der Waals surface area contributed by atoms with Gasteiger partial charge >= 0.3 is 0 Å². The number of benzene rings is 1. The number of aromatic nitrogens is 2. The summed E-state index contributed by atoms with van der Waals surface area (Å²) in [5.74, 6) is -1.98. The van der Waals surface area contributed by atoms with Gasteiger partial charge in [0, 0.05) is 11.3 Å². The fourth-order valence-corrected chi connectivity index (χ4v) is 3.30. The van der Waals surface area contributed by atoms with Crippen LogP contribution in [0.15, 0.2) is 30.6 Å². The van der Waals surface area contributed by atoms with Gasteiger partial charge in [-0.1, -0.05) is 31.6 Å². The van der Waals surface area contributed by atoms with Crippen LogP contribution in [0.2, 0.25) is 0 Å². The van der Waals surface area contributed by atoms with Crippen molar-refractivity contribution in [2.24, 2.45) is 0 Å². The van der Waals surface area contributed by atoms with Crippen molar-refractivity contribution in [2.45, 2.75) is 71.8 Å². The second-order valence-corrected chi connectivity index (χ2v) is 7.21. The first-order valence-corrected chi connectivity index (χ1v) is 10.0. The van der Waals surface area contributed by atoms with Crippen molar-refractivity contribution in [1.29, 1.82) is 0 Å². The summed E-state index contributed by atoms with van der Waals surface area (Å²) in [6.45, 7) is 8.08. The summed E-state index contributed by atoms with van der Waals surface area (Å²) in [6, 6.07) is 3.09. The average Bonchev–Trinajstić information content (AvgIpc) is 3.13. The molecule has 1 aliphatic heterocycles. The number of hydrogen-bond donors (Lipinski definition) is 0. The first-order valence-electron chi connectivity index (χ1n) is 10.0. The quantitative estimate of drug-likeness (QED) is 0.583. The summed E-state index contributed by atoms with van der Waals surface area (Å²) >= 11 is 0. The Morgan fingerprint density at radius 2 is 1.97 bits per heavy atom. The second-order valence-electron chi connectivity index (χ2n) is 7.21. The predicted octanol–water partition coefficient (Wildman–Crippen LogP) is 6.31. The highest BCUT2D eigenvalue weighted by atomic mass is 19.2. The largest absolute Gasteiger partial charge is 0.372 e. The lowest BCUT2D eigenvalue weighted by atomic mass is 10.0. The van der Waals surface area contributed by atoms with Crippen molar-refractivity contribution in [3.8, 4) is 0 Å². The second kappa shape index (κ2) is 11.1. The highest BCUT2D eigenvalue weighted by Crippen LogP contribution is 2.33. The van der Waals surface area contributed by atoms with Gasteiger partial charge in [0.2, 0.25) is 0 Å². The van der Waals surface area contributed by atoms with Crippen LogP contribution >= 0.6 is 0 Å². The molecular weight excluding hydrogens is 377 g/mol. The van der Waals surface area contributed by atoms with Crippen molar-refractivity contribution in [2.75, 3.05) is 0 Å². The molecule has 0 spiro atoms. The maximum Gasteiger partial charge on any atom is 0.159 e. The van der Waals surface area contributed by atoms with Crippen LogP contribution in [0.3, 0.4) is 0 Å². The van der Waals surface area contributed by atoms with Gasteiger partial charge in [0.05, 0.1) is 17.9 Å². The molecule has 3 unspecified atom stereocenters. The van der Waals surface area contributed by atoms with Crippen molar-refractivity contribution < 1.29 is 17.9 Å². The highest BCUT2D eigenvalue weighted by molar-refractivity contribution is 5.53. The summed E-state index contributed by atoms with van der Waals surface area (Å²) in [7, 11) is 0. The monoisotopic (exact) mass is 406 g/mol. The lowest BCUT2D eigenvalue weighted by Gasteiger charge is -2.16. The van der Waals surface area contributed by atoms with Crippen molar-refractivity contribution >= 4 is 6.08 Å². The highest BCUT2D eigenvalue weighted by Gasteiger charge is 2.31. The summed E-state index contributed by atoms with van der Waals surface area (Å²) in [5.41, 5.74) is 3.55. The zero-order chi connectivity index (χ0) is 21.4. The zero-order valence-electron chi connectivity index (χ0n) is 17.5. The third-order valence-electron chi connectivity index (χ3n) is 4.84. The summed E-state index contributed by atoms with van der Waals surface area (Å²) < 4.78 is 44.9. The molecular formula is C23H29F3N2O. The van der Waals surface area contributed by atoms with Crippen LogP contribution in [0.4, 0.5) is 13.2 Å². The molecule has 1 aromatic carbocycles. The molecule has 3 rings (SSSR count). The molecule has 29 heavy (non-hydrogen) atoms. The van der Waals surface area contributed by atoms with Gasteiger partial charge in [0.1, 0.15) is 6.33 Å². The van der Waals surface area contributed by atoms with E-state index in [9.17, 15) is 13.2 Å².